The quantitative estimate of drug-likeness (QED) is 0.479. The van der Waals surface area contributed by atoms with Crippen LogP contribution in [0.15, 0.2) is 54.6 Å². The number of phenolic OH excluding ortho intramolecular Hbond substituents is 2. The molecule has 5 nitrogen and oxygen atoms in total. The zero-order valence-corrected chi connectivity index (χ0v) is 16.3. The molecule has 0 amide bonds. The van der Waals surface area contributed by atoms with Gasteiger partial charge in [-0.15, -0.1) is 0 Å². The highest BCUT2D eigenvalue weighted by atomic mass is 16.5. The molecule has 0 saturated heterocycles. The third-order valence-corrected chi connectivity index (χ3v) is 4.34. The van der Waals surface area contributed by atoms with Crippen LogP contribution < -0.4 is 4.74 Å². The molecule has 0 aliphatic carbocycles. The van der Waals surface area contributed by atoms with Crippen molar-refractivity contribution in [2.45, 2.75) is 13.8 Å². The number of hydrogen-bond acceptors (Lipinski definition) is 5. The maximum atomic E-state index is 12.0. The van der Waals surface area contributed by atoms with E-state index in [4.69, 9.17) is 4.74 Å². The van der Waals surface area contributed by atoms with Gasteiger partial charge in [-0.25, -0.2) is 0 Å². The molecule has 2 aromatic rings. The maximum Gasteiger partial charge on any atom is 0.178 e. The maximum absolute atomic E-state index is 12.0. The first-order valence-corrected chi connectivity index (χ1v) is 9.39. The number of ketones is 1. The van der Waals surface area contributed by atoms with Crippen LogP contribution >= 0.6 is 0 Å². The van der Waals surface area contributed by atoms with Crippen LogP contribution in [0.25, 0.3) is 12.2 Å². The normalized spacial score (nSPS) is 11.5. The van der Waals surface area contributed by atoms with Gasteiger partial charge in [0, 0.05) is 12.1 Å². The minimum absolute atomic E-state index is 0.219. The van der Waals surface area contributed by atoms with E-state index < -0.39 is 0 Å². The summed E-state index contributed by atoms with van der Waals surface area (Å²) in [6.45, 7) is 7.74. The summed E-state index contributed by atoms with van der Waals surface area (Å²) < 4.78 is 5.79. The Morgan fingerprint density at radius 1 is 1.04 bits per heavy atom. The van der Waals surface area contributed by atoms with E-state index in [1.54, 1.807) is 18.2 Å². The molecule has 0 saturated carbocycles. The van der Waals surface area contributed by atoms with Crippen molar-refractivity contribution in [3.8, 4) is 17.2 Å². The van der Waals surface area contributed by atoms with Gasteiger partial charge in [0.05, 0.1) is 0 Å². The molecular weight excluding hydrogens is 354 g/mol. The van der Waals surface area contributed by atoms with Crippen LogP contribution in [0.4, 0.5) is 0 Å². The van der Waals surface area contributed by atoms with E-state index in [0.717, 1.165) is 30.9 Å². The lowest BCUT2D eigenvalue weighted by molar-refractivity contribution is -0.110. The first kappa shape index (κ1) is 21.3. The van der Waals surface area contributed by atoms with Gasteiger partial charge in [0.1, 0.15) is 12.4 Å². The molecule has 2 aromatic carbocycles. The molecule has 0 aliphatic rings. The average molecular weight is 381 g/mol. The fraction of sp³-hybridized carbons (Fsp3) is 0.261. The highest BCUT2D eigenvalue weighted by Gasteiger charge is 2.03. The molecule has 0 aliphatic heterocycles. The van der Waals surface area contributed by atoms with Gasteiger partial charge < -0.3 is 19.8 Å². The number of rotatable bonds is 10. The Kier molecular flexibility index (Phi) is 8.31. The van der Waals surface area contributed by atoms with Crippen LogP contribution in [-0.4, -0.2) is 47.1 Å². The van der Waals surface area contributed by atoms with E-state index in [-0.39, 0.29) is 17.3 Å². The first-order chi connectivity index (χ1) is 13.5. The van der Waals surface area contributed by atoms with Crippen LogP contribution in [0.1, 0.15) is 25.0 Å². The molecule has 0 heterocycles. The molecule has 0 atom stereocenters. The van der Waals surface area contributed by atoms with Crippen LogP contribution in [0.2, 0.25) is 0 Å². The van der Waals surface area contributed by atoms with Gasteiger partial charge in [0.15, 0.2) is 17.3 Å². The highest BCUT2D eigenvalue weighted by molar-refractivity contribution is 6.04. The Morgan fingerprint density at radius 2 is 1.75 bits per heavy atom. The molecule has 28 heavy (non-hydrogen) atoms. The average Bonchev–Trinajstić information content (AvgIpc) is 2.71. The van der Waals surface area contributed by atoms with Gasteiger partial charge in [-0.1, -0.05) is 44.2 Å². The monoisotopic (exact) mass is 381 g/mol. The van der Waals surface area contributed by atoms with Gasteiger partial charge in [0.2, 0.25) is 0 Å². The predicted molar refractivity (Wildman–Crippen MR) is 113 cm³/mol. The second-order valence-corrected chi connectivity index (χ2v) is 6.23. The Hall–Kier alpha value is -3.05. The van der Waals surface area contributed by atoms with E-state index in [1.807, 2.05) is 24.3 Å². The Balaban J connectivity index is 1.93. The number of ether oxygens (including phenoxy) is 1. The summed E-state index contributed by atoms with van der Waals surface area (Å²) in [6, 6.07) is 12.2. The molecule has 5 heteroatoms. The van der Waals surface area contributed by atoms with E-state index in [0.29, 0.717) is 12.2 Å². The molecule has 0 radical (unpaired) electrons. The van der Waals surface area contributed by atoms with Crippen molar-refractivity contribution in [1.82, 2.24) is 4.90 Å². The second-order valence-electron chi connectivity index (χ2n) is 6.23. The Morgan fingerprint density at radius 3 is 2.50 bits per heavy atom. The lowest BCUT2D eigenvalue weighted by atomic mass is 10.1. The zero-order chi connectivity index (χ0) is 20.4. The number of likely N-dealkylation sites (N-methyl/N-ethyl adjacent to an activating group) is 1. The predicted octanol–water partition coefficient (Wildman–Crippen LogP) is 4.11. The van der Waals surface area contributed by atoms with Gasteiger partial charge >= 0.3 is 0 Å². The summed E-state index contributed by atoms with van der Waals surface area (Å²) >= 11 is 0. The Bertz CT molecular complexity index is 838. The molecule has 2 rings (SSSR count). The summed E-state index contributed by atoms with van der Waals surface area (Å²) in [5, 5.41) is 19.2. The standard InChI is InChI=1S/C23H27NO4/c1-3-24(4-2)15-16-28-21-9-5-7-18(17-21)11-13-20(25)14-12-19-8-6-10-22(26)23(19)27/h5-14,17,26-27H,3-4,15-16H2,1-2H3/b13-11+,14-12+. The van der Waals surface area contributed by atoms with E-state index >= 15 is 0 Å². The van der Waals surface area contributed by atoms with E-state index in [1.165, 1.54) is 24.3 Å². The van der Waals surface area contributed by atoms with Crippen molar-refractivity contribution >= 4 is 17.9 Å². The SMILES string of the molecule is CCN(CC)CCOc1cccc(/C=C/C(=O)/C=C/c2cccc(O)c2O)c1. The van der Waals surface area contributed by atoms with Crippen molar-refractivity contribution < 1.29 is 19.7 Å². The minimum atomic E-state index is -0.245. The number of hydrogen-bond donors (Lipinski definition) is 2. The smallest absolute Gasteiger partial charge is 0.178 e. The lowest BCUT2D eigenvalue weighted by Crippen LogP contribution is -2.27. The number of nitrogens with zero attached hydrogens (tertiary/aromatic N) is 1. The van der Waals surface area contributed by atoms with E-state index in [9.17, 15) is 15.0 Å². The summed E-state index contributed by atoms with van der Waals surface area (Å²) in [5.74, 6) is 0.0746. The number of para-hydroxylation sites is 1. The van der Waals surface area contributed by atoms with Gasteiger partial charge in [-0.05, 0) is 55.1 Å². The van der Waals surface area contributed by atoms with Crippen molar-refractivity contribution in [2.24, 2.45) is 0 Å². The number of allylic oxidation sites excluding steroid dienone is 2. The molecule has 0 aromatic heterocycles. The number of benzene rings is 2. The number of aromatic hydroxyl groups is 2. The second kappa shape index (κ2) is 10.9. The van der Waals surface area contributed by atoms with Gasteiger partial charge in [-0.2, -0.15) is 0 Å². The number of phenols is 2. The fourth-order valence-electron chi connectivity index (χ4n) is 2.63. The molecule has 0 unspecified atom stereocenters. The minimum Gasteiger partial charge on any atom is -0.504 e. The van der Waals surface area contributed by atoms with Crippen molar-refractivity contribution in [1.29, 1.82) is 0 Å². The van der Waals surface area contributed by atoms with Crippen LogP contribution in [0, 0.1) is 0 Å². The Labute approximate surface area is 166 Å². The lowest BCUT2D eigenvalue weighted by Gasteiger charge is -2.18. The fourth-order valence-corrected chi connectivity index (χ4v) is 2.63. The van der Waals surface area contributed by atoms with E-state index in [2.05, 4.69) is 18.7 Å². The van der Waals surface area contributed by atoms with Gasteiger partial charge in [-0.3, -0.25) is 4.79 Å². The number of carbonyl (C=O) groups excluding carboxylic acids is 1. The first-order valence-electron chi connectivity index (χ1n) is 9.39. The molecule has 2 N–H and O–H groups in total. The molecule has 0 bridgehead atoms. The zero-order valence-electron chi connectivity index (χ0n) is 16.3. The van der Waals surface area contributed by atoms with Crippen LogP contribution in [0.5, 0.6) is 17.2 Å². The van der Waals surface area contributed by atoms with Crippen molar-refractivity contribution in [3.05, 3.63) is 65.7 Å². The highest BCUT2D eigenvalue weighted by Crippen LogP contribution is 2.28. The van der Waals surface area contributed by atoms with Crippen molar-refractivity contribution in [2.75, 3.05) is 26.2 Å². The topological polar surface area (TPSA) is 70.0 Å². The number of carbonyl (C=O) groups is 1. The van der Waals surface area contributed by atoms with Crippen LogP contribution in [-0.2, 0) is 4.79 Å². The molecule has 0 fully saturated rings. The van der Waals surface area contributed by atoms with Crippen molar-refractivity contribution in [3.63, 3.8) is 0 Å². The molecule has 0 spiro atoms. The molecule has 148 valence electrons. The largest absolute Gasteiger partial charge is 0.504 e. The summed E-state index contributed by atoms with van der Waals surface area (Å²) in [5.41, 5.74) is 1.24. The summed E-state index contributed by atoms with van der Waals surface area (Å²) in [4.78, 5) is 14.3. The third-order valence-electron chi connectivity index (χ3n) is 4.34. The van der Waals surface area contributed by atoms with Crippen LogP contribution in [0.3, 0.4) is 0 Å². The van der Waals surface area contributed by atoms with Gasteiger partial charge in [0.25, 0.3) is 0 Å². The summed E-state index contributed by atoms with van der Waals surface area (Å²) in [6.07, 6.45) is 5.97. The summed E-state index contributed by atoms with van der Waals surface area (Å²) in [7, 11) is 0. The third kappa shape index (κ3) is 6.59. The molecular formula is C23H27NO4.